The monoisotopic (exact) mass is 471 g/mol. The summed E-state index contributed by atoms with van der Waals surface area (Å²) in [6.45, 7) is 4.50. The summed E-state index contributed by atoms with van der Waals surface area (Å²) in [6.07, 6.45) is 7.73. The van der Waals surface area contributed by atoms with Crippen LogP contribution in [0.1, 0.15) is 48.9 Å². The van der Waals surface area contributed by atoms with Crippen LogP contribution >= 0.6 is 22.6 Å². The first-order valence-electron chi connectivity index (χ1n) is 9.50. The quantitative estimate of drug-likeness (QED) is 0.379. The molecule has 0 unspecified atom stereocenters. The van der Waals surface area contributed by atoms with Gasteiger partial charge in [-0.25, -0.2) is 0 Å². The van der Waals surface area contributed by atoms with Crippen LogP contribution in [-0.2, 0) is 0 Å². The maximum absolute atomic E-state index is 12.9. The van der Waals surface area contributed by atoms with E-state index in [0.717, 1.165) is 42.1 Å². The normalized spacial score (nSPS) is 20.0. The Morgan fingerprint density at radius 1 is 1.12 bits per heavy atom. The van der Waals surface area contributed by atoms with Crippen LogP contribution in [0.4, 0.5) is 5.69 Å². The van der Waals surface area contributed by atoms with Gasteiger partial charge in [0.25, 0.3) is 11.6 Å². The number of hydrogen-bond acceptors (Lipinski definition) is 4. The fraction of sp³-hybridized carbons (Fsp3) is 0.632. The van der Waals surface area contributed by atoms with Gasteiger partial charge in [0.1, 0.15) is 0 Å². The molecule has 0 N–H and O–H groups in total. The van der Waals surface area contributed by atoms with Gasteiger partial charge in [-0.05, 0) is 60.4 Å². The van der Waals surface area contributed by atoms with Gasteiger partial charge in [-0.2, -0.15) is 0 Å². The van der Waals surface area contributed by atoms with Crippen molar-refractivity contribution in [3.63, 3.8) is 0 Å². The van der Waals surface area contributed by atoms with E-state index in [-0.39, 0.29) is 11.6 Å². The van der Waals surface area contributed by atoms with E-state index in [1.54, 1.807) is 6.07 Å². The molecule has 3 rings (SSSR count). The minimum atomic E-state index is -0.443. The zero-order chi connectivity index (χ0) is 18.5. The van der Waals surface area contributed by atoms with Crippen LogP contribution < -0.4 is 0 Å². The summed E-state index contributed by atoms with van der Waals surface area (Å²) in [5.74, 6) is 0.723. The molecule has 1 amide bonds. The Kier molecular flexibility index (Phi) is 6.86. The Bertz CT molecular complexity index is 661. The first-order chi connectivity index (χ1) is 12.5. The van der Waals surface area contributed by atoms with Gasteiger partial charge in [0.05, 0.1) is 10.5 Å². The van der Waals surface area contributed by atoms with Crippen LogP contribution in [0.3, 0.4) is 0 Å². The SMILES string of the molecule is O=C(c1cc([N+](=O)[O-])ccc1I)N1CCCN(CC2CCCCC2)CC1. The van der Waals surface area contributed by atoms with Crippen molar-refractivity contribution in [2.45, 2.75) is 38.5 Å². The molecule has 2 aliphatic rings. The van der Waals surface area contributed by atoms with E-state index >= 15 is 0 Å². The molecule has 0 aromatic heterocycles. The maximum Gasteiger partial charge on any atom is 0.270 e. The second-order valence-electron chi connectivity index (χ2n) is 7.37. The number of halogens is 1. The predicted molar refractivity (Wildman–Crippen MR) is 109 cm³/mol. The first kappa shape index (κ1) is 19.5. The number of carbonyl (C=O) groups excluding carboxylic acids is 1. The van der Waals surface area contributed by atoms with Gasteiger partial charge in [0, 0.05) is 41.9 Å². The van der Waals surface area contributed by atoms with Gasteiger partial charge in [-0.3, -0.25) is 14.9 Å². The smallest absolute Gasteiger partial charge is 0.270 e. The Hall–Kier alpha value is -1.22. The van der Waals surface area contributed by atoms with Crippen LogP contribution in [0.2, 0.25) is 0 Å². The number of hydrogen-bond donors (Lipinski definition) is 0. The highest BCUT2D eigenvalue weighted by Crippen LogP contribution is 2.25. The number of nitro benzene ring substituents is 1. The molecule has 0 radical (unpaired) electrons. The number of non-ortho nitro benzene ring substituents is 1. The van der Waals surface area contributed by atoms with Crippen LogP contribution in [-0.4, -0.2) is 53.4 Å². The highest BCUT2D eigenvalue weighted by atomic mass is 127. The highest BCUT2D eigenvalue weighted by Gasteiger charge is 2.25. The van der Waals surface area contributed by atoms with E-state index in [4.69, 9.17) is 0 Å². The van der Waals surface area contributed by atoms with Gasteiger partial charge in [0.2, 0.25) is 0 Å². The first-order valence-corrected chi connectivity index (χ1v) is 10.6. The summed E-state index contributed by atoms with van der Waals surface area (Å²) in [5.41, 5.74) is 0.419. The fourth-order valence-corrected chi connectivity index (χ4v) is 4.62. The minimum Gasteiger partial charge on any atom is -0.337 e. The van der Waals surface area contributed by atoms with Crippen molar-refractivity contribution in [1.82, 2.24) is 9.80 Å². The molecule has 1 saturated heterocycles. The van der Waals surface area contributed by atoms with E-state index < -0.39 is 4.92 Å². The molecular formula is C19H26IN3O3. The Labute approximate surface area is 168 Å². The third kappa shape index (κ3) is 4.94. The molecule has 0 spiro atoms. The average molecular weight is 471 g/mol. The summed E-state index contributed by atoms with van der Waals surface area (Å²) in [4.78, 5) is 27.9. The summed E-state index contributed by atoms with van der Waals surface area (Å²) in [7, 11) is 0. The van der Waals surface area contributed by atoms with Crippen LogP contribution in [0.15, 0.2) is 18.2 Å². The summed E-state index contributed by atoms with van der Waals surface area (Å²) in [6, 6.07) is 4.51. The van der Waals surface area contributed by atoms with Crippen molar-refractivity contribution < 1.29 is 9.72 Å². The van der Waals surface area contributed by atoms with Crippen molar-refractivity contribution in [2.75, 3.05) is 32.7 Å². The Balaban J connectivity index is 1.62. The molecule has 6 nitrogen and oxygen atoms in total. The fourth-order valence-electron chi connectivity index (χ4n) is 4.05. The lowest BCUT2D eigenvalue weighted by Gasteiger charge is -2.28. The second-order valence-corrected chi connectivity index (χ2v) is 8.53. The molecule has 142 valence electrons. The highest BCUT2D eigenvalue weighted by molar-refractivity contribution is 14.1. The molecule has 0 atom stereocenters. The molecule has 7 heteroatoms. The van der Waals surface area contributed by atoms with E-state index in [9.17, 15) is 14.9 Å². The molecule has 1 aromatic carbocycles. The Morgan fingerprint density at radius 2 is 1.88 bits per heavy atom. The van der Waals surface area contributed by atoms with Gasteiger partial charge >= 0.3 is 0 Å². The number of rotatable bonds is 4. The van der Waals surface area contributed by atoms with Gasteiger partial charge < -0.3 is 9.80 Å². The van der Waals surface area contributed by atoms with Crippen molar-refractivity contribution in [2.24, 2.45) is 5.92 Å². The molecule has 1 heterocycles. The number of benzene rings is 1. The number of carbonyl (C=O) groups is 1. The number of amides is 1. The molecule has 26 heavy (non-hydrogen) atoms. The van der Waals surface area contributed by atoms with Crippen molar-refractivity contribution in [3.8, 4) is 0 Å². The molecular weight excluding hydrogens is 445 g/mol. The molecule has 1 saturated carbocycles. The van der Waals surface area contributed by atoms with Gasteiger partial charge in [0.15, 0.2) is 0 Å². The van der Waals surface area contributed by atoms with Crippen LogP contribution in [0, 0.1) is 19.6 Å². The second kappa shape index (κ2) is 9.12. The Morgan fingerprint density at radius 3 is 2.62 bits per heavy atom. The third-order valence-electron chi connectivity index (χ3n) is 5.51. The molecule has 2 fully saturated rings. The third-order valence-corrected chi connectivity index (χ3v) is 6.45. The average Bonchev–Trinajstić information content (AvgIpc) is 2.88. The molecule has 1 aromatic rings. The topological polar surface area (TPSA) is 66.7 Å². The lowest BCUT2D eigenvalue weighted by Crippen LogP contribution is -2.37. The molecule has 1 aliphatic heterocycles. The van der Waals surface area contributed by atoms with E-state index in [1.807, 2.05) is 4.90 Å². The molecule has 1 aliphatic carbocycles. The van der Waals surface area contributed by atoms with Crippen molar-refractivity contribution in [1.29, 1.82) is 0 Å². The van der Waals surface area contributed by atoms with Crippen molar-refractivity contribution in [3.05, 3.63) is 37.4 Å². The van der Waals surface area contributed by atoms with Gasteiger partial charge in [-0.1, -0.05) is 19.3 Å². The predicted octanol–water partition coefficient (Wildman–Crippen LogP) is 3.93. The number of nitro groups is 1. The van der Waals surface area contributed by atoms with Gasteiger partial charge in [-0.15, -0.1) is 0 Å². The summed E-state index contributed by atoms with van der Waals surface area (Å²) in [5, 5.41) is 11.0. The molecule has 0 bridgehead atoms. The number of nitrogens with zero attached hydrogens (tertiary/aromatic N) is 3. The largest absolute Gasteiger partial charge is 0.337 e. The van der Waals surface area contributed by atoms with Crippen LogP contribution in [0.25, 0.3) is 0 Å². The van der Waals surface area contributed by atoms with E-state index in [1.165, 1.54) is 44.2 Å². The lowest BCUT2D eigenvalue weighted by molar-refractivity contribution is -0.384. The summed E-state index contributed by atoms with van der Waals surface area (Å²) < 4.78 is 0.765. The standard InChI is InChI=1S/C19H26IN3O3/c20-18-8-7-16(23(25)26)13-17(18)19(24)22-10-4-9-21(11-12-22)14-15-5-2-1-3-6-15/h7-8,13,15H,1-6,9-12,14H2. The van der Waals surface area contributed by atoms with Crippen LogP contribution in [0.5, 0.6) is 0 Å². The lowest BCUT2D eigenvalue weighted by atomic mass is 9.89. The zero-order valence-electron chi connectivity index (χ0n) is 15.0. The van der Waals surface area contributed by atoms with E-state index in [0.29, 0.717) is 12.1 Å². The van der Waals surface area contributed by atoms with E-state index in [2.05, 4.69) is 27.5 Å². The maximum atomic E-state index is 12.9. The summed E-state index contributed by atoms with van der Waals surface area (Å²) >= 11 is 2.08. The minimum absolute atomic E-state index is 0.0255. The van der Waals surface area contributed by atoms with Crippen molar-refractivity contribution >= 4 is 34.2 Å². The zero-order valence-corrected chi connectivity index (χ0v) is 17.2.